The number of carboxylic acid groups (broad SMARTS) is 1. The topological polar surface area (TPSA) is 55.8 Å². The van der Waals surface area contributed by atoms with E-state index >= 15 is 0 Å². The van der Waals surface area contributed by atoms with Crippen LogP contribution in [0.2, 0.25) is 10.0 Å². The van der Waals surface area contributed by atoms with E-state index in [1.807, 2.05) is 0 Å². The van der Waals surface area contributed by atoms with Gasteiger partial charge in [-0.05, 0) is 35.9 Å². The van der Waals surface area contributed by atoms with Crippen LogP contribution in [0.4, 0.5) is 0 Å². The highest BCUT2D eigenvalue weighted by molar-refractivity contribution is 6.35. The summed E-state index contributed by atoms with van der Waals surface area (Å²) < 4.78 is 11.0. The van der Waals surface area contributed by atoms with E-state index in [0.29, 0.717) is 27.1 Å². The summed E-state index contributed by atoms with van der Waals surface area (Å²) in [6, 6.07) is 10.3. The van der Waals surface area contributed by atoms with Gasteiger partial charge in [0.1, 0.15) is 6.61 Å². The van der Waals surface area contributed by atoms with Crippen LogP contribution in [0.15, 0.2) is 42.5 Å². The number of hydrogen-bond donors (Lipinski definition) is 1. The number of carboxylic acids is 1. The number of ether oxygens (including phenoxy) is 2. The number of carbonyl (C=O) groups is 1. The van der Waals surface area contributed by atoms with Crippen molar-refractivity contribution in [2.24, 2.45) is 0 Å². The van der Waals surface area contributed by atoms with Crippen LogP contribution in [-0.2, 0) is 11.4 Å². The maximum atomic E-state index is 10.6. The van der Waals surface area contributed by atoms with Gasteiger partial charge in [0.15, 0.2) is 11.5 Å². The molecule has 0 saturated carbocycles. The van der Waals surface area contributed by atoms with Crippen LogP contribution in [0.1, 0.15) is 11.1 Å². The van der Waals surface area contributed by atoms with Gasteiger partial charge in [0, 0.05) is 21.7 Å². The Labute approximate surface area is 143 Å². The third-order valence-electron chi connectivity index (χ3n) is 3.00. The van der Waals surface area contributed by atoms with Crippen molar-refractivity contribution in [3.8, 4) is 11.5 Å². The highest BCUT2D eigenvalue weighted by Crippen LogP contribution is 2.30. The Morgan fingerprint density at radius 2 is 1.96 bits per heavy atom. The Hall–Kier alpha value is -2.17. The lowest BCUT2D eigenvalue weighted by molar-refractivity contribution is -0.131. The molecule has 2 rings (SSSR count). The molecule has 1 N–H and O–H groups in total. The van der Waals surface area contributed by atoms with Gasteiger partial charge in [-0.1, -0.05) is 35.3 Å². The fourth-order valence-electron chi connectivity index (χ4n) is 1.87. The minimum Gasteiger partial charge on any atom is -0.493 e. The summed E-state index contributed by atoms with van der Waals surface area (Å²) in [5, 5.41) is 9.75. The van der Waals surface area contributed by atoms with Gasteiger partial charge in [-0.25, -0.2) is 4.79 Å². The van der Waals surface area contributed by atoms with Crippen LogP contribution in [0.3, 0.4) is 0 Å². The lowest BCUT2D eigenvalue weighted by Gasteiger charge is -2.12. The van der Waals surface area contributed by atoms with E-state index in [9.17, 15) is 4.79 Å². The van der Waals surface area contributed by atoms with E-state index in [-0.39, 0.29) is 6.61 Å². The molecule has 120 valence electrons. The summed E-state index contributed by atoms with van der Waals surface area (Å²) in [5.74, 6) is 0.0184. The summed E-state index contributed by atoms with van der Waals surface area (Å²) >= 11 is 12.0. The quantitative estimate of drug-likeness (QED) is 0.767. The van der Waals surface area contributed by atoms with Crippen molar-refractivity contribution >= 4 is 35.2 Å². The van der Waals surface area contributed by atoms with Crippen LogP contribution in [0, 0.1) is 0 Å². The fraction of sp³-hybridized carbons (Fsp3) is 0.118. The molecule has 0 spiro atoms. The monoisotopic (exact) mass is 352 g/mol. The highest BCUT2D eigenvalue weighted by atomic mass is 35.5. The van der Waals surface area contributed by atoms with Gasteiger partial charge < -0.3 is 14.6 Å². The molecule has 0 heterocycles. The maximum absolute atomic E-state index is 10.6. The number of benzene rings is 2. The Morgan fingerprint density at radius 1 is 1.17 bits per heavy atom. The second-order valence-corrected chi connectivity index (χ2v) is 5.45. The standard InChI is InChI=1S/C17H14Cl2O4/c1-22-15-6-2-11(3-7-17(20)21)8-16(15)23-10-12-4-5-13(18)9-14(12)19/h2-9H,10H2,1H3,(H,20,21)/b7-3+. The average Bonchev–Trinajstić information content (AvgIpc) is 2.52. The summed E-state index contributed by atoms with van der Waals surface area (Å²) in [6.45, 7) is 0.235. The van der Waals surface area contributed by atoms with Crippen molar-refractivity contribution in [3.05, 3.63) is 63.6 Å². The number of methoxy groups -OCH3 is 1. The van der Waals surface area contributed by atoms with E-state index < -0.39 is 5.97 Å². The first-order chi connectivity index (χ1) is 11.0. The van der Waals surface area contributed by atoms with Crippen molar-refractivity contribution < 1.29 is 19.4 Å². The van der Waals surface area contributed by atoms with Gasteiger partial charge in [-0.15, -0.1) is 0 Å². The Kier molecular flexibility index (Phi) is 5.90. The Bertz CT molecular complexity index is 741. The number of halogens is 2. The second kappa shape index (κ2) is 7.90. The SMILES string of the molecule is COc1ccc(/C=C/C(=O)O)cc1OCc1ccc(Cl)cc1Cl. The van der Waals surface area contributed by atoms with Crippen LogP contribution in [-0.4, -0.2) is 18.2 Å². The predicted molar refractivity (Wildman–Crippen MR) is 90.5 cm³/mol. The normalized spacial score (nSPS) is 10.7. The molecule has 0 unspecified atom stereocenters. The predicted octanol–water partition coefficient (Wildman–Crippen LogP) is 4.68. The molecular formula is C17H14Cl2O4. The zero-order valence-corrected chi connectivity index (χ0v) is 13.8. The fourth-order valence-corrected chi connectivity index (χ4v) is 2.33. The minimum absolute atomic E-state index is 0.235. The molecular weight excluding hydrogens is 339 g/mol. The van der Waals surface area contributed by atoms with Crippen molar-refractivity contribution in [3.63, 3.8) is 0 Å². The van der Waals surface area contributed by atoms with Gasteiger partial charge in [0.2, 0.25) is 0 Å². The first-order valence-electron chi connectivity index (χ1n) is 6.65. The van der Waals surface area contributed by atoms with Crippen LogP contribution >= 0.6 is 23.2 Å². The van der Waals surface area contributed by atoms with E-state index in [2.05, 4.69) is 0 Å². The number of rotatable bonds is 6. The third-order valence-corrected chi connectivity index (χ3v) is 3.59. The van der Waals surface area contributed by atoms with Crippen molar-refractivity contribution in [2.45, 2.75) is 6.61 Å². The van der Waals surface area contributed by atoms with Crippen molar-refractivity contribution in [1.82, 2.24) is 0 Å². The Balaban J connectivity index is 2.20. The first kappa shape index (κ1) is 17.2. The highest BCUT2D eigenvalue weighted by Gasteiger charge is 2.08. The Morgan fingerprint density at radius 3 is 2.61 bits per heavy atom. The second-order valence-electron chi connectivity index (χ2n) is 4.61. The third kappa shape index (κ3) is 4.91. The molecule has 0 amide bonds. The molecule has 0 radical (unpaired) electrons. The van der Waals surface area contributed by atoms with E-state index in [0.717, 1.165) is 11.6 Å². The molecule has 2 aromatic rings. The van der Waals surface area contributed by atoms with Crippen LogP contribution in [0.5, 0.6) is 11.5 Å². The van der Waals surface area contributed by atoms with Crippen LogP contribution < -0.4 is 9.47 Å². The first-order valence-corrected chi connectivity index (χ1v) is 7.41. The number of hydrogen-bond acceptors (Lipinski definition) is 3. The molecule has 0 aliphatic heterocycles. The molecule has 0 fully saturated rings. The lowest BCUT2D eigenvalue weighted by atomic mass is 10.2. The smallest absolute Gasteiger partial charge is 0.328 e. The van der Waals surface area contributed by atoms with E-state index in [1.165, 1.54) is 13.2 Å². The maximum Gasteiger partial charge on any atom is 0.328 e. The van der Waals surface area contributed by atoms with Gasteiger partial charge in [0.25, 0.3) is 0 Å². The van der Waals surface area contributed by atoms with Gasteiger partial charge in [0.05, 0.1) is 7.11 Å². The van der Waals surface area contributed by atoms with Gasteiger partial charge in [-0.3, -0.25) is 0 Å². The molecule has 0 atom stereocenters. The molecule has 0 aromatic heterocycles. The summed E-state index contributed by atoms with van der Waals surface area (Å²) in [5.41, 5.74) is 1.47. The minimum atomic E-state index is -1.02. The zero-order chi connectivity index (χ0) is 16.8. The summed E-state index contributed by atoms with van der Waals surface area (Å²) in [4.78, 5) is 10.6. The molecule has 6 heteroatoms. The summed E-state index contributed by atoms with van der Waals surface area (Å²) in [6.07, 6.45) is 2.53. The average molecular weight is 353 g/mol. The molecule has 4 nitrogen and oxygen atoms in total. The van der Waals surface area contributed by atoms with Gasteiger partial charge >= 0.3 is 5.97 Å². The molecule has 0 aliphatic carbocycles. The largest absolute Gasteiger partial charge is 0.493 e. The lowest BCUT2D eigenvalue weighted by Crippen LogP contribution is -1.99. The van der Waals surface area contributed by atoms with E-state index in [1.54, 1.807) is 36.4 Å². The zero-order valence-electron chi connectivity index (χ0n) is 12.3. The molecule has 0 bridgehead atoms. The number of aliphatic carboxylic acids is 1. The molecule has 23 heavy (non-hydrogen) atoms. The van der Waals surface area contributed by atoms with E-state index in [4.69, 9.17) is 37.8 Å². The van der Waals surface area contributed by atoms with Crippen LogP contribution in [0.25, 0.3) is 6.08 Å². The molecule has 2 aromatic carbocycles. The summed E-state index contributed by atoms with van der Waals surface area (Å²) in [7, 11) is 1.53. The van der Waals surface area contributed by atoms with Crippen molar-refractivity contribution in [2.75, 3.05) is 7.11 Å². The van der Waals surface area contributed by atoms with Crippen molar-refractivity contribution in [1.29, 1.82) is 0 Å². The van der Waals surface area contributed by atoms with Gasteiger partial charge in [-0.2, -0.15) is 0 Å². The molecule has 0 saturated heterocycles. The molecule has 0 aliphatic rings.